The van der Waals surface area contributed by atoms with Gasteiger partial charge in [-0.15, -0.1) is 0 Å². The summed E-state index contributed by atoms with van der Waals surface area (Å²) in [5, 5.41) is 0. The van der Waals surface area contributed by atoms with Crippen LogP contribution >= 0.6 is 0 Å². The van der Waals surface area contributed by atoms with E-state index in [2.05, 4.69) is 18.6 Å². The molecule has 1 aromatic carbocycles. The lowest BCUT2D eigenvalue weighted by atomic mass is 9.99. The molecule has 4 heteroatoms. The summed E-state index contributed by atoms with van der Waals surface area (Å²) in [5.74, 6) is 0.595. The van der Waals surface area contributed by atoms with Crippen LogP contribution in [-0.4, -0.2) is 10.1 Å². The van der Waals surface area contributed by atoms with Gasteiger partial charge in [-0.25, -0.2) is 4.21 Å². The zero-order valence-electron chi connectivity index (χ0n) is 12.0. The zero-order chi connectivity index (χ0) is 14.5. The van der Waals surface area contributed by atoms with Crippen molar-refractivity contribution in [3.63, 3.8) is 0 Å². The maximum absolute atomic E-state index is 12.2. The highest BCUT2D eigenvalue weighted by atomic mass is 32.2. The molecule has 0 fully saturated rings. The summed E-state index contributed by atoms with van der Waals surface area (Å²) < 4.78 is 14.6. The van der Waals surface area contributed by atoms with Crippen LogP contribution < -0.4 is 4.72 Å². The molecule has 108 valence electrons. The number of amides is 1. The molecule has 1 unspecified atom stereocenters. The Morgan fingerprint density at radius 2 is 1.95 bits per heavy atom. The lowest BCUT2D eigenvalue weighted by molar-refractivity contribution is -0.115. The maximum atomic E-state index is 12.2. The number of nitrogens with one attached hydrogen (secondary N) is 1. The average molecular weight is 291 g/mol. The zero-order valence-corrected chi connectivity index (χ0v) is 12.8. The summed E-state index contributed by atoms with van der Waals surface area (Å²) in [4.78, 5) is 12.2. The first-order chi connectivity index (χ1) is 9.58. The molecule has 20 heavy (non-hydrogen) atoms. The van der Waals surface area contributed by atoms with Crippen molar-refractivity contribution in [2.45, 2.75) is 38.9 Å². The van der Waals surface area contributed by atoms with Crippen LogP contribution in [0.25, 0.3) is 0 Å². The van der Waals surface area contributed by atoms with Crippen LogP contribution in [0.2, 0.25) is 0 Å². The summed E-state index contributed by atoms with van der Waals surface area (Å²) in [6.07, 6.45) is 2.83. The molecule has 0 radical (unpaired) electrons. The van der Waals surface area contributed by atoms with Gasteiger partial charge in [0.2, 0.25) is 0 Å². The summed E-state index contributed by atoms with van der Waals surface area (Å²) >= 11 is 0. The fraction of sp³-hybridized carbons (Fsp3) is 0.438. The van der Waals surface area contributed by atoms with Crippen LogP contribution in [-0.2, 0) is 21.5 Å². The van der Waals surface area contributed by atoms with Gasteiger partial charge < -0.3 is 0 Å². The second kappa shape index (κ2) is 6.84. The molecule has 0 spiro atoms. The molecule has 1 amide bonds. The molecule has 0 aromatic heterocycles. The average Bonchev–Trinajstić information content (AvgIpc) is 2.89. The van der Waals surface area contributed by atoms with Crippen molar-refractivity contribution in [2.24, 2.45) is 5.92 Å². The highest BCUT2D eigenvalue weighted by Gasteiger charge is 2.23. The molecule has 0 aliphatic heterocycles. The van der Waals surface area contributed by atoms with Gasteiger partial charge in [0.25, 0.3) is 5.91 Å². The Morgan fingerprint density at radius 1 is 1.25 bits per heavy atom. The Kier molecular flexibility index (Phi) is 5.12. The predicted octanol–water partition coefficient (Wildman–Crippen LogP) is 3.10. The molecule has 1 atom stereocenters. The first-order valence-electron chi connectivity index (χ1n) is 7.03. The molecule has 1 aliphatic rings. The number of carbonyl (C=O) groups excluding carboxylic acids is 1. The predicted molar refractivity (Wildman–Crippen MR) is 82.1 cm³/mol. The summed E-state index contributed by atoms with van der Waals surface area (Å²) in [6, 6.07) is 9.57. The summed E-state index contributed by atoms with van der Waals surface area (Å²) in [7, 11) is -1.36. The van der Waals surface area contributed by atoms with Crippen molar-refractivity contribution >= 4 is 16.9 Å². The summed E-state index contributed by atoms with van der Waals surface area (Å²) in [6.45, 7) is 4.21. The van der Waals surface area contributed by atoms with Crippen molar-refractivity contribution in [3.8, 4) is 0 Å². The van der Waals surface area contributed by atoms with Crippen LogP contribution in [0.3, 0.4) is 0 Å². The Hall–Kier alpha value is -1.42. The molecular weight excluding hydrogens is 270 g/mol. The van der Waals surface area contributed by atoms with E-state index in [9.17, 15) is 9.00 Å². The van der Waals surface area contributed by atoms with Gasteiger partial charge >= 0.3 is 0 Å². The largest absolute Gasteiger partial charge is 0.271 e. The molecule has 0 saturated heterocycles. The molecule has 0 bridgehead atoms. The van der Waals surface area contributed by atoms with Crippen LogP contribution in [0.1, 0.15) is 38.7 Å². The molecule has 1 N–H and O–H groups in total. The van der Waals surface area contributed by atoms with E-state index in [1.165, 1.54) is 5.57 Å². The maximum Gasteiger partial charge on any atom is 0.258 e. The third-order valence-corrected chi connectivity index (χ3v) is 4.59. The lowest BCUT2D eigenvalue weighted by Gasteiger charge is -2.11. The second-order valence-electron chi connectivity index (χ2n) is 5.42. The molecule has 0 heterocycles. The lowest BCUT2D eigenvalue weighted by Crippen LogP contribution is -2.28. The minimum absolute atomic E-state index is 0.152. The van der Waals surface area contributed by atoms with Crippen molar-refractivity contribution in [1.82, 2.24) is 4.72 Å². The standard InChI is InChI=1S/C16H21NO2S/c1-12(2)14-9-6-10-15(14)16(18)17-20(19)11-13-7-4-3-5-8-13/h3-5,7-8,12H,6,9-11H2,1-2H3,(H,17,18). The van der Waals surface area contributed by atoms with Gasteiger partial charge in [0, 0.05) is 5.57 Å². The van der Waals surface area contributed by atoms with Gasteiger partial charge in [0.1, 0.15) is 11.0 Å². The second-order valence-corrected chi connectivity index (χ2v) is 6.60. The molecule has 0 saturated carbocycles. The minimum atomic E-state index is -1.36. The topological polar surface area (TPSA) is 46.2 Å². The monoisotopic (exact) mass is 291 g/mol. The van der Waals surface area contributed by atoms with Crippen molar-refractivity contribution in [2.75, 3.05) is 0 Å². The van der Waals surface area contributed by atoms with E-state index in [1.807, 2.05) is 30.3 Å². The number of hydrogen-bond donors (Lipinski definition) is 1. The van der Waals surface area contributed by atoms with E-state index in [1.54, 1.807) is 0 Å². The van der Waals surface area contributed by atoms with Gasteiger partial charge in [0.15, 0.2) is 0 Å². The fourth-order valence-corrected chi connectivity index (χ4v) is 3.49. The number of hydrogen-bond acceptors (Lipinski definition) is 2. The molecule has 1 aliphatic carbocycles. The smallest absolute Gasteiger partial charge is 0.258 e. The van der Waals surface area contributed by atoms with Crippen molar-refractivity contribution in [1.29, 1.82) is 0 Å². The van der Waals surface area contributed by atoms with Gasteiger partial charge in [-0.05, 0) is 30.7 Å². The van der Waals surface area contributed by atoms with Crippen LogP contribution in [0, 0.1) is 5.92 Å². The van der Waals surface area contributed by atoms with Crippen LogP contribution in [0.4, 0.5) is 0 Å². The van der Waals surface area contributed by atoms with E-state index >= 15 is 0 Å². The number of carbonyl (C=O) groups is 1. The molecule has 1 aromatic rings. The quantitative estimate of drug-likeness (QED) is 0.906. The van der Waals surface area contributed by atoms with E-state index in [0.29, 0.717) is 11.7 Å². The highest BCUT2D eigenvalue weighted by molar-refractivity contribution is 7.82. The van der Waals surface area contributed by atoms with Gasteiger partial charge in [-0.3, -0.25) is 9.52 Å². The van der Waals surface area contributed by atoms with Crippen LogP contribution in [0.5, 0.6) is 0 Å². The Morgan fingerprint density at radius 3 is 2.60 bits per heavy atom. The highest BCUT2D eigenvalue weighted by Crippen LogP contribution is 2.31. The molecule has 2 rings (SSSR count). The number of allylic oxidation sites excluding steroid dienone is 1. The van der Waals surface area contributed by atoms with Crippen molar-refractivity contribution in [3.05, 3.63) is 47.0 Å². The number of rotatable bonds is 5. The molecular formula is C16H21NO2S. The van der Waals surface area contributed by atoms with E-state index in [0.717, 1.165) is 30.4 Å². The Labute approximate surface area is 123 Å². The number of benzene rings is 1. The Balaban J connectivity index is 1.98. The van der Waals surface area contributed by atoms with Crippen molar-refractivity contribution < 1.29 is 9.00 Å². The van der Waals surface area contributed by atoms with E-state index in [-0.39, 0.29) is 5.91 Å². The fourth-order valence-electron chi connectivity index (χ4n) is 2.59. The van der Waals surface area contributed by atoms with Gasteiger partial charge in [-0.1, -0.05) is 49.8 Å². The SMILES string of the molecule is CC(C)C1=C(C(=O)NS(=O)Cc2ccccc2)CCC1. The van der Waals surface area contributed by atoms with Gasteiger partial charge in [-0.2, -0.15) is 0 Å². The van der Waals surface area contributed by atoms with E-state index in [4.69, 9.17) is 0 Å². The third kappa shape index (κ3) is 3.79. The summed E-state index contributed by atoms with van der Waals surface area (Å²) in [5.41, 5.74) is 3.04. The normalized spacial score (nSPS) is 16.6. The third-order valence-electron chi connectivity index (χ3n) is 3.58. The minimum Gasteiger partial charge on any atom is -0.271 e. The molecule has 3 nitrogen and oxygen atoms in total. The first kappa shape index (κ1) is 15.0. The van der Waals surface area contributed by atoms with Gasteiger partial charge in [0.05, 0.1) is 5.75 Å². The van der Waals surface area contributed by atoms with E-state index < -0.39 is 11.0 Å². The Bertz CT molecular complexity index is 535. The van der Waals surface area contributed by atoms with Crippen LogP contribution in [0.15, 0.2) is 41.5 Å². The first-order valence-corrected chi connectivity index (χ1v) is 8.35.